The fourth-order valence-electron chi connectivity index (χ4n) is 4.20. The molecule has 0 saturated carbocycles. The van der Waals surface area contributed by atoms with Crippen molar-refractivity contribution in [1.82, 2.24) is 15.5 Å². The van der Waals surface area contributed by atoms with E-state index in [1.807, 2.05) is 26.8 Å². The van der Waals surface area contributed by atoms with Crippen LogP contribution >= 0.6 is 23.4 Å². The fourth-order valence-corrected chi connectivity index (χ4v) is 5.44. The molecule has 0 aromatic carbocycles. The third-order valence-corrected chi connectivity index (χ3v) is 8.37. The van der Waals surface area contributed by atoms with Crippen molar-refractivity contribution in [1.29, 1.82) is 5.26 Å². The lowest BCUT2D eigenvalue weighted by Gasteiger charge is -2.31. The number of carbonyl (C=O) groups is 2. The molecule has 1 unspecified atom stereocenters. The molecule has 2 N–H and O–H groups in total. The number of amides is 2. The van der Waals surface area contributed by atoms with E-state index in [4.69, 9.17) is 11.6 Å². The van der Waals surface area contributed by atoms with E-state index in [2.05, 4.69) is 33.2 Å². The molecule has 1 rings (SSSR count). The summed E-state index contributed by atoms with van der Waals surface area (Å²) in [4.78, 5) is 33.8. The van der Waals surface area contributed by atoms with Crippen molar-refractivity contribution in [3.05, 3.63) is 80.5 Å². The molecular formula is C35H47ClF3N5O2S. The predicted molar refractivity (Wildman–Crippen MR) is 188 cm³/mol. The summed E-state index contributed by atoms with van der Waals surface area (Å²) in [6.07, 6.45) is 7.62. The van der Waals surface area contributed by atoms with Crippen LogP contribution in [0.1, 0.15) is 80.6 Å². The van der Waals surface area contributed by atoms with Gasteiger partial charge >= 0.3 is 6.18 Å². The number of hydrogen-bond acceptors (Lipinski definition) is 6. The Morgan fingerprint density at radius 2 is 1.77 bits per heavy atom. The van der Waals surface area contributed by atoms with Gasteiger partial charge in [0.1, 0.15) is 5.71 Å². The number of alkyl halides is 3. The maximum absolute atomic E-state index is 13.7. The van der Waals surface area contributed by atoms with Crippen LogP contribution < -0.4 is 10.6 Å². The highest BCUT2D eigenvalue weighted by Crippen LogP contribution is 2.33. The number of carbonyl (C=O) groups excluding carboxylic acids is 2. The fraction of sp³-hybridized carbons (Fsp3) is 0.486. The van der Waals surface area contributed by atoms with E-state index in [0.29, 0.717) is 30.0 Å². The molecule has 1 heterocycles. The molecule has 0 aromatic heterocycles. The Labute approximate surface area is 287 Å². The standard InChI is InChI=1S/C35H47ClF3N5O2S/c1-9-11-13-32(34(46)42-24(5)20-29(35(37,38)39)30(36)19-23(3)4)47-27(8)26(7)43-33(45)31(41-16-12-10-2)21-25(6)44-17-14-28(22-40)15-18-44/h12-13,16,19-21,26,28H,8-11,14-15,17-18H2,1-7H3,(H,42,46)(H,43,45)/b16-12+,24-20+,25-21+,30-29-,32-13-,41-31+. The van der Waals surface area contributed by atoms with Gasteiger partial charge in [-0.3, -0.25) is 14.6 Å². The van der Waals surface area contributed by atoms with E-state index in [9.17, 15) is 28.0 Å². The number of hydrogen-bond donors (Lipinski definition) is 2. The Balaban J connectivity index is 3.15. The highest BCUT2D eigenvalue weighted by Gasteiger charge is 2.34. The Kier molecular flexibility index (Phi) is 18.3. The first-order valence-corrected chi connectivity index (χ1v) is 16.8. The highest BCUT2D eigenvalue weighted by atomic mass is 35.5. The van der Waals surface area contributed by atoms with Crippen LogP contribution in [-0.2, 0) is 9.59 Å². The number of nitriles is 1. The van der Waals surface area contributed by atoms with Gasteiger partial charge in [-0.05, 0) is 78.5 Å². The predicted octanol–water partition coefficient (Wildman–Crippen LogP) is 8.97. The number of unbranched alkanes of at least 4 members (excludes halogenated alkanes) is 1. The van der Waals surface area contributed by atoms with Crippen molar-refractivity contribution in [2.45, 2.75) is 92.8 Å². The second-order valence-corrected chi connectivity index (χ2v) is 12.9. The van der Waals surface area contributed by atoms with Crippen LogP contribution in [0.3, 0.4) is 0 Å². The smallest absolute Gasteiger partial charge is 0.375 e. The number of piperidine rings is 1. The van der Waals surface area contributed by atoms with E-state index in [-0.39, 0.29) is 22.2 Å². The van der Waals surface area contributed by atoms with Crippen LogP contribution in [0.5, 0.6) is 0 Å². The molecule has 47 heavy (non-hydrogen) atoms. The molecular weight excluding hydrogens is 647 g/mol. The summed E-state index contributed by atoms with van der Waals surface area (Å²) in [7, 11) is 0. The average molecular weight is 694 g/mol. The second kappa shape index (κ2) is 20.7. The number of thioether (sulfide) groups is 1. The number of likely N-dealkylation sites (tertiary alicyclic amines) is 1. The third kappa shape index (κ3) is 15.3. The van der Waals surface area contributed by atoms with E-state index >= 15 is 0 Å². The minimum absolute atomic E-state index is 0.0332. The van der Waals surface area contributed by atoms with Crippen LogP contribution in [0.15, 0.2) is 85.5 Å². The van der Waals surface area contributed by atoms with Gasteiger partial charge in [0.15, 0.2) is 0 Å². The molecule has 1 aliphatic heterocycles. The van der Waals surface area contributed by atoms with Gasteiger partial charge in [0.05, 0.1) is 27.6 Å². The topological polar surface area (TPSA) is 97.6 Å². The van der Waals surface area contributed by atoms with Gasteiger partial charge in [0.25, 0.3) is 11.8 Å². The lowest BCUT2D eigenvalue weighted by atomic mass is 9.98. The van der Waals surface area contributed by atoms with Crippen LogP contribution in [0, 0.1) is 17.2 Å². The summed E-state index contributed by atoms with van der Waals surface area (Å²) < 4.78 is 41.2. The molecule has 1 aliphatic rings. The van der Waals surface area contributed by atoms with Gasteiger partial charge in [0, 0.05) is 41.5 Å². The normalized spacial score (nSPS) is 16.8. The first kappa shape index (κ1) is 41.5. The van der Waals surface area contributed by atoms with Crippen molar-refractivity contribution in [3.63, 3.8) is 0 Å². The largest absolute Gasteiger partial charge is 0.417 e. The van der Waals surface area contributed by atoms with Gasteiger partial charge in [-0.15, -0.1) is 0 Å². The third-order valence-electron chi connectivity index (χ3n) is 6.87. The van der Waals surface area contributed by atoms with E-state index < -0.39 is 34.6 Å². The van der Waals surface area contributed by atoms with Gasteiger partial charge in [0.2, 0.25) is 0 Å². The van der Waals surface area contributed by atoms with Gasteiger partial charge in [-0.2, -0.15) is 18.4 Å². The number of nitrogens with zero attached hydrogens (tertiary/aromatic N) is 3. The molecule has 258 valence electrons. The summed E-state index contributed by atoms with van der Waals surface area (Å²) in [6.45, 7) is 17.6. The van der Waals surface area contributed by atoms with E-state index in [1.165, 1.54) is 13.0 Å². The zero-order chi connectivity index (χ0) is 35.7. The second-order valence-electron chi connectivity index (χ2n) is 11.4. The Morgan fingerprint density at radius 3 is 2.30 bits per heavy atom. The molecule has 7 nitrogen and oxygen atoms in total. The molecule has 0 radical (unpaired) electrons. The monoisotopic (exact) mass is 693 g/mol. The van der Waals surface area contributed by atoms with Crippen molar-refractivity contribution in [2.75, 3.05) is 13.1 Å². The number of halogens is 4. The minimum atomic E-state index is -4.73. The van der Waals surface area contributed by atoms with E-state index in [0.717, 1.165) is 49.2 Å². The quantitative estimate of drug-likeness (QED) is 0.101. The lowest BCUT2D eigenvalue weighted by molar-refractivity contribution is -0.116. The maximum atomic E-state index is 13.7. The van der Waals surface area contributed by atoms with Crippen molar-refractivity contribution < 1.29 is 22.8 Å². The average Bonchev–Trinajstić information content (AvgIpc) is 3.00. The van der Waals surface area contributed by atoms with Gasteiger partial charge in [-0.1, -0.05) is 67.9 Å². The van der Waals surface area contributed by atoms with E-state index in [1.54, 1.807) is 39.1 Å². The molecule has 0 spiro atoms. The molecule has 2 amide bonds. The SMILES string of the molecule is C=C(S/C(=C\CCC)C(=O)N/C(C)=C/C(=C(/Cl)C=C(C)C)C(F)(F)F)C(C)NC(=O)C(/C=C(\C)N1CCC(C#N)CC1)=N/C=C/CC. The molecule has 1 saturated heterocycles. The zero-order valence-corrected chi connectivity index (χ0v) is 29.9. The van der Waals surface area contributed by atoms with Crippen LogP contribution in [-0.4, -0.2) is 47.7 Å². The Hall–Kier alpha value is -3.49. The summed E-state index contributed by atoms with van der Waals surface area (Å²) in [6, 6.07) is 1.72. The van der Waals surface area contributed by atoms with Crippen LogP contribution in [0.2, 0.25) is 0 Å². The molecule has 0 bridgehead atoms. The summed E-state index contributed by atoms with van der Waals surface area (Å²) in [5.41, 5.74) is 0.522. The summed E-state index contributed by atoms with van der Waals surface area (Å²) >= 11 is 6.99. The van der Waals surface area contributed by atoms with Gasteiger partial charge in [-0.25, -0.2) is 0 Å². The zero-order valence-electron chi connectivity index (χ0n) is 28.4. The summed E-state index contributed by atoms with van der Waals surface area (Å²) in [5.74, 6) is -1.01. The molecule has 12 heteroatoms. The summed E-state index contributed by atoms with van der Waals surface area (Å²) in [5, 5.41) is 14.1. The van der Waals surface area contributed by atoms with Crippen LogP contribution in [0.4, 0.5) is 13.2 Å². The molecule has 0 aliphatic carbocycles. The number of allylic oxidation sites excluding steroid dienone is 9. The number of aliphatic imine (C=N–C) groups is 1. The number of rotatable bonds is 15. The first-order valence-electron chi connectivity index (χ1n) is 15.6. The number of nitrogens with one attached hydrogen (secondary N) is 2. The molecule has 1 fully saturated rings. The van der Waals surface area contributed by atoms with Crippen molar-refractivity contribution >= 4 is 40.9 Å². The minimum Gasteiger partial charge on any atom is -0.375 e. The Morgan fingerprint density at radius 1 is 1.13 bits per heavy atom. The highest BCUT2D eigenvalue weighted by molar-refractivity contribution is 8.07. The maximum Gasteiger partial charge on any atom is 0.417 e. The first-order chi connectivity index (χ1) is 22.0. The lowest BCUT2D eigenvalue weighted by Crippen LogP contribution is -2.38. The van der Waals surface area contributed by atoms with Crippen LogP contribution in [0.25, 0.3) is 0 Å². The molecule has 1 atom stereocenters. The molecule has 0 aromatic rings. The van der Waals surface area contributed by atoms with Crippen molar-refractivity contribution in [3.8, 4) is 6.07 Å². The van der Waals surface area contributed by atoms with Crippen molar-refractivity contribution in [2.24, 2.45) is 10.9 Å². The van der Waals surface area contributed by atoms with Gasteiger partial charge < -0.3 is 15.5 Å². The Bertz CT molecular complexity index is 1390.